The molecule has 0 aromatic carbocycles. The lowest BCUT2D eigenvalue weighted by Crippen LogP contribution is -2.33. The molecule has 0 radical (unpaired) electrons. The molecule has 0 N–H and O–H groups in total. The largest absolute Gasteiger partial charge is 0.299 e. The van der Waals surface area contributed by atoms with Crippen molar-refractivity contribution in [3.8, 4) is 0 Å². The molecule has 0 aliphatic heterocycles. The zero-order chi connectivity index (χ0) is 12.0. The molecule has 0 aromatic rings. The van der Waals surface area contributed by atoms with Crippen LogP contribution in [0.4, 0.5) is 0 Å². The first-order chi connectivity index (χ1) is 7.32. The van der Waals surface area contributed by atoms with Crippen LogP contribution >= 0.6 is 0 Å². The van der Waals surface area contributed by atoms with Gasteiger partial charge in [-0.25, -0.2) is 0 Å². The average molecular weight is 236 g/mol. The minimum Gasteiger partial charge on any atom is -0.299 e. The van der Waals surface area contributed by atoms with Gasteiger partial charge in [0.1, 0.15) is 5.78 Å². The fourth-order valence-electron chi connectivity index (χ4n) is 3.56. The Hall–Kier alpha value is -0.373. The van der Waals surface area contributed by atoms with E-state index in [2.05, 4.69) is 32.3 Å². The molecule has 0 amide bonds. The van der Waals surface area contributed by atoms with Crippen LogP contribution in [0.3, 0.4) is 0 Å². The normalized spacial score (nSPS) is 37.9. The Labute approximate surface area is 100 Å². The van der Waals surface area contributed by atoms with E-state index in [0.717, 1.165) is 12.8 Å². The molecule has 0 spiro atoms. The van der Waals surface area contributed by atoms with Crippen LogP contribution in [0, 0.1) is 11.3 Å². The molecule has 2 heteroatoms. The van der Waals surface area contributed by atoms with Crippen molar-refractivity contribution in [3.63, 3.8) is 0 Å². The van der Waals surface area contributed by atoms with Crippen LogP contribution in [0.5, 0.6) is 0 Å². The Kier molecular flexibility index (Phi) is 2.90. The summed E-state index contributed by atoms with van der Waals surface area (Å²) in [7, 11) is -1.18. The molecule has 2 aliphatic carbocycles. The summed E-state index contributed by atoms with van der Waals surface area (Å²) in [6, 6.07) is 0. The zero-order valence-electron chi connectivity index (χ0n) is 11.1. The average Bonchev–Trinajstić information content (AvgIpc) is 2.41. The molecule has 0 unspecified atom stereocenters. The third kappa shape index (κ3) is 2.17. The number of hydrogen-bond acceptors (Lipinski definition) is 1. The molecule has 0 heterocycles. The van der Waals surface area contributed by atoms with Crippen LogP contribution in [0.25, 0.3) is 0 Å². The van der Waals surface area contributed by atoms with Gasteiger partial charge in [0.05, 0.1) is 8.07 Å². The number of allylic oxidation sites excluding steroid dienone is 1. The summed E-state index contributed by atoms with van der Waals surface area (Å²) in [6.45, 7) is 9.43. The van der Waals surface area contributed by atoms with Gasteiger partial charge in [0.15, 0.2) is 0 Å². The number of fused-ring (bicyclic) bond motifs is 1. The van der Waals surface area contributed by atoms with Crippen LogP contribution in [0.2, 0.25) is 19.6 Å². The second kappa shape index (κ2) is 3.83. The van der Waals surface area contributed by atoms with E-state index in [0.29, 0.717) is 11.2 Å². The smallest absolute Gasteiger partial charge is 0.140 e. The van der Waals surface area contributed by atoms with Crippen molar-refractivity contribution in [1.82, 2.24) is 0 Å². The first-order valence-electron chi connectivity index (χ1n) is 6.56. The van der Waals surface area contributed by atoms with Crippen LogP contribution in [0.15, 0.2) is 11.3 Å². The highest BCUT2D eigenvalue weighted by atomic mass is 28.3. The Morgan fingerprint density at radius 3 is 2.56 bits per heavy atom. The van der Waals surface area contributed by atoms with Crippen molar-refractivity contribution in [2.45, 2.75) is 58.7 Å². The van der Waals surface area contributed by atoms with Crippen molar-refractivity contribution in [2.24, 2.45) is 11.3 Å². The molecule has 2 rings (SSSR count). The molecule has 90 valence electrons. The number of Topliss-reactive ketones (excluding diaryl/α,β-unsaturated/α-hetero) is 1. The highest BCUT2D eigenvalue weighted by molar-refractivity contribution is 6.81. The lowest BCUT2D eigenvalue weighted by molar-refractivity contribution is -0.121. The highest BCUT2D eigenvalue weighted by Gasteiger charge is 2.47. The van der Waals surface area contributed by atoms with E-state index < -0.39 is 8.07 Å². The Morgan fingerprint density at radius 2 is 1.94 bits per heavy atom. The van der Waals surface area contributed by atoms with Gasteiger partial charge in [-0.15, -0.1) is 0 Å². The topological polar surface area (TPSA) is 17.1 Å². The van der Waals surface area contributed by atoms with Crippen LogP contribution < -0.4 is 0 Å². The van der Waals surface area contributed by atoms with E-state index in [9.17, 15) is 4.79 Å². The number of hydrogen-bond donors (Lipinski definition) is 0. The van der Waals surface area contributed by atoms with Crippen molar-refractivity contribution in [2.75, 3.05) is 0 Å². The van der Waals surface area contributed by atoms with E-state index in [-0.39, 0.29) is 5.92 Å². The number of ketones is 1. The van der Waals surface area contributed by atoms with Gasteiger partial charge >= 0.3 is 0 Å². The molecule has 2 atom stereocenters. The quantitative estimate of drug-likeness (QED) is 0.630. The van der Waals surface area contributed by atoms with Crippen LogP contribution in [-0.4, -0.2) is 13.9 Å². The van der Waals surface area contributed by atoms with Crippen molar-refractivity contribution in [1.29, 1.82) is 0 Å². The molecule has 0 bridgehead atoms. The molecule has 2 fully saturated rings. The Balaban J connectivity index is 2.33. The Bertz CT molecular complexity index is 337. The monoisotopic (exact) mass is 236 g/mol. The summed E-state index contributed by atoms with van der Waals surface area (Å²) in [5.74, 6) is 0.805. The summed E-state index contributed by atoms with van der Waals surface area (Å²) in [5.41, 5.74) is 4.30. The summed E-state index contributed by atoms with van der Waals surface area (Å²) < 4.78 is 0. The third-order valence-corrected chi connectivity index (χ3v) is 5.40. The highest BCUT2D eigenvalue weighted by Crippen LogP contribution is 2.52. The lowest BCUT2D eigenvalue weighted by atomic mass is 9.67. The summed E-state index contributed by atoms with van der Waals surface area (Å²) in [5, 5.41) is 0. The van der Waals surface area contributed by atoms with Gasteiger partial charge in [0, 0.05) is 12.3 Å². The maximum atomic E-state index is 12.1. The third-order valence-electron chi connectivity index (χ3n) is 4.16. The Morgan fingerprint density at radius 1 is 1.25 bits per heavy atom. The van der Waals surface area contributed by atoms with E-state index in [1.54, 1.807) is 0 Å². The van der Waals surface area contributed by atoms with Crippen molar-refractivity contribution in [3.05, 3.63) is 11.3 Å². The molecule has 0 aromatic heterocycles. The number of carbonyl (C=O) groups excluding carboxylic acids is 1. The molecular weight excluding hydrogens is 212 g/mol. The molecule has 2 aliphatic rings. The van der Waals surface area contributed by atoms with E-state index in [4.69, 9.17) is 0 Å². The van der Waals surface area contributed by atoms with Gasteiger partial charge in [-0.2, -0.15) is 0 Å². The predicted octanol–water partition coefficient (Wildman–Crippen LogP) is 3.96. The molecule has 0 saturated heterocycles. The first kappa shape index (κ1) is 12.1. The minimum atomic E-state index is -1.18. The van der Waals surface area contributed by atoms with E-state index >= 15 is 0 Å². The zero-order valence-corrected chi connectivity index (χ0v) is 12.1. The number of rotatable bonds is 1. The maximum Gasteiger partial charge on any atom is 0.140 e. The van der Waals surface area contributed by atoms with Gasteiger partial charge in [0.25, 0.3) is 0 Å². The van der Waals surface area contributed by atoms with Gasteiger partial charge in [-0.3, -0.25) is 4.79 Å². The van der Waals surface area contributed by atoms with Gasteiger partial charge in [-0.05, 0) is 31.1 Å². The second-order valence-corrected chi connectivity index (χ2v) is 12.0. The maximum absolute atomic E-state index is 12.1. The van der Waals surface area contributed by atoms with Crippen LogP contribution in [0.1, 0.15) is 39.0 Å². The van der Waals surface area contributed by atoms with Gasteiger partial charge in [0.2, 0.25) is 0 Å². The molecular formula is C14H24OSi. The summed E-state index contributed by atoms with van der Waals surface area (Å²) >= 11 is 0. The van der Waals surface area contributed by atoms with E-state index in [1.807, 2.05) is 0 Å². The van der Waals surface area contributed by atoms with Gasteiger partial charge in [-0.1, -0.05) is 37.8 Å². The molecule has 2 saturated carbocycles. The molecule has 16 heavy (non-hydrogen) atoms. The fraction of sp³-hybridized carbons (Fsp3) is 0.786. The molecule has 1 nitrogen and oxygen atoms in total. The predicted molar refractivity (Wildman–Crippen MR) is 71.1 cm³/mol. The van der Waals surface area contributed by atoms with Crippen molar-refractivity contribution >= 4 is 13.9 Å². The van der Waals surface area contributed by atoms with Crippen LogP contribution in [-0.2, 0) is 4.79 Å². The summed E-state index contributed by atoms with van der Waals surface area (Å²) in [6.07, 6.45) is 5.67. The van der Waals surface area contributed by atoms with Gasteiger partial charge < -0.3 is 0 Å². The minimum absolute atomic E-state index is 0.285. The van der Waals surface area contributed by atoms with Crippen molar-refractivity contribution < 1.29 is 4.79 Å². The summed E-state index contributed by atoms with van der Waals surface area (Å²) in [4.78, 5) is 12.1. The first-order valence-corrected chi connectivity index (χ1v) is 10.1. The SMILES string of the molecule is C[C@@]12CCC/C(=C/[Si](C)(C)C)[C@@H]1C(=O)CC2. The fourth-order valence-corrected chi connectivity index (χ4v) is 4.99. The second-order valence-electron chi connectivity index (χ2n) is 6.99. The van der Waals surface area contributed by atoms with E-state index in [1.165, 1.54) is 24.8 Å². The lowest BCUT2D eigenvalue weighted by Gasteiger charge is -2.38. The standard InChI is InChI=1S/C14H24OSi/c1-14-8-5-6-11(10-16(2,3)4)13(14)12(15)7-9-14/h10,13H,5-9H2,1-4H3/b11-10-/t13-,14+/m1/s1. The number of carbonyl (C=O) groups is 1.